The zero-order valence-corrected chi connectivity index (χ0v) is 16.9. The third-order valence-electron chi connectivity index (χ3n) is 6.46. The normalized spacial score (nSPS) is 22.7. The maximum absolute atomic E-state index is 13.0. The van der Waals surface area contributed by atoms with E-state index in [1.807, 2.05) is 25.1 Å². The summed E-state index contributed by atoms with van der Waals surface area (Å²) in [7, 11) is 0. The van der Waals surface area contributed by atoms with Crippen LogP contribution in [0, 0.1) is 5.41 Å². The van der Waals surface area contributed by atoms with E-state index in [0.717, 1.165) is 69.8 Å². The van der Waals surface area contributed by atoms with Crippen LogP contribution in [0.1, 0.15) is 56.3 Å². The molecule has 6 heteroatoms. The molecule has 6 nitrogen and oxygen atoms in total. The summed E-state index contributed by atoms with van der Waals surface area (Å²) in [4.78, 5) is 21.9. The monoisotopic (exact) mass is 382 g/mol. The first-order chi connectivity index (χ1) is 13.6. The molecule has 2 aliphatic rings. The molecule has 1 aromatic heterocycles. The fourth-order valence-electron chi connectivity index (χ4n) is 4.74. The summed E-state index contributed by atoms with van der Waals surface area (Å²) in [6.07, 6.45) is 3.97. The number of aromatic nitrogens is 2. The van der Waals surface area contributed by atoms with Gasteiger partial charge >= 0.3 is 0 Å². The number of rotatable bonds is 5. The highest BCUT2D eigenvalue weighted by Gasteiger charge is 2.45. The van der Waals surface area contributed by atoms with Gasteiger partial charge in [-0.25, -0.2) is 0 Å². The first-order valence-electron chi connectivity index (χ1n) is 10.5. The molecule has 0 saturated carbocycles. The molecule has 1 amide bonds. The first kappa shape index (κ1) is 19.1. The molecule has 3 heterocycles. The van der Waals surface area contributed by atoms with Crippen molar-refractivity contribution in [2.45, 2.75) is 52.0 Å². The van der Waals surface area contributed by atoms with Gasteiger partial charge in [-0.05, 0) is 50.3 Å². The van der Waals surface area contributed by atoms with Crippen molar-refractivity contribution in [1.29, 1.82) is 0 Å². The van der Waals surface area contributed by atoms with Gasteiger partial charge in [-0.15, -0.1) is 0 Å². The lowest BCUT2D eigenvalue weighted by Gasteiger charge is -2.49. The van der Waals surface area contributed by atoms with E-state index in [1.165, 1.54) is 0 Å². The summed E-state index contributed by atoms with van der Waals surface area (Å²) in [6.45, 7) is 8.55. The molecular weight excluding hydrogens is 352 g/mol. The Labute approximate surface area is 166 Å². The summed E-state index contributed by atoms with van der Waals surface area (Å²) in [5.74, 6) is 1.77. The van der Waals surface area contributed by atoms with Crippen LogP contribution in [-0.4, -0.2) is 52.0 Å². The van der Waals surface area contributed by atoms with E-state index in [4.69, 9.17) is 4.52 Å². The van der Waals surface area contributed by atoms with Gasteiger partial charge in [0.25, 0.3) is 0 Å². The van der Waals surface area contributed by atoms with Gasteiger partial charge in [0.15, 0.2) is 5.82 Å². The topological polar surface area (TPSA) is 62.5 Å². The number of piperidine rings is 2. The van der Waals surface area contributed by atoms with Crippen molar-refractivity contribution < 1.29 is 9.32 Å². The molecule has 0 bridgehead atoms. The molecule has 1 atom stereocenters. The van der Waals surface area contributed by atoms with Crippen molar-refractivity contribution in [2.24, 2.45) is 5.41 Å². The minimum absolute atomic E-state index is 0.00972. The molecule has 1 aromatic carbocycles. The number of likely N-dealkylation sites (tertiary alicyclic amines) is 2. The van der Waals surface area contributed by atoms with Crippen LogP contribution >= 0.6 is 0 Å². The standard InChI is InChI=1S/C22H30N4O2/c1-3-19-23-20(28-24-19)15-25-12-10-22(11-13-25)14-18(17-8-6-5-7-9-17)21(27)26(4-2)16-22/h5-9,18H,3-4,10-16H2,1-2H3/t18-/m0/s1. The number of carbonyl (C=O) groups is 1. The van der Waals surface area contributed by atoms with Gasteiger partial charge in [-0.2, -0.15) is 4.98 Å². The molecule has 2 saturated heterocycles. The molecule has 0 N–H and O–H groups in total. The smallest absolute Gasteiger partial charge is 0.240 e. The molecule has 150 valence electrons. The third kappa shape index (κ3) is 3.83. The SMILES string of the molecule is CCc1noc(CN2CCC3(CC2)C[C@@H](c2ccccc2)C(=O)N(CC)C3)n1. The van der Waals surface area contributed by atoms with Gasteiger partial charge < -0.3 is 9.42 Å². The second-order valence-electron chi connectivity index (χ2n) is 8.25. The molecule has 4 rings (SSSR count). The van der Waals surface area contributed by atoms with Gasteiger partial charge in [0, 0.05) is 19.5 Å². The number of nitrogens with zero attached hydrogens (tertiary/aromatic N) is 4. The Morgan fingerprint density at radius 2 is 1.93 bits per heavy atom. The highest BCUT2D eigenvalue weighted by Crippen LogP contribution is 2.45. The van der Waals surface area contributed by atoms with Crippen LogP contribution in [0.2, 0.25) is 0 Å². The lowest BCUT2D eigenvalue weighted by atomic mass is 9.67. The van der Waals surface area contributed by atoms with Crippen molar-refractivity contribution in [3.8, 4) is 0 Å². The first-order valence-corrected chi connectivity index (χ1v) is 10.5. The number of aryl methyl sites for hydroxylation is 1. The number of likely N-dealkylation sites (N-methyl/N-ethyl adjacent to an activating group) is 1. The van der Waals surface area contributed by atoms with Crippen molar-refractivity contribution in [1.82, 2.24) is 19.9 Å². The van der Waals surface area contributed by atoms with Crippen LogP contribution in [0.3, 0.4) is 0 Å². The lowest BCUT2D eigenvalue weighted by Crippen LogP contribution is -2.53. The average Bonchev–Trinajstić information content (AvgIpc) is 3.20. The largest absolute Gasteiger partial charge is 0.342 e. The number of carbonyl (C=O) groups excluding carboxylic acids is 1. The molecule has 0 radical (unpaired) electrons. The average molecular weight is 383 g/mol. The molecule has 1 spiro atoms. The van der Waals surface area contributed by atoms with Crippen molar-refractivity contribution in [3.63, 3.8) is 0 Å². The summed E-state index contributed by atoms with van der Waals surface area (Å²) >= 11 is 0. The highest BCUT2D eigenvalue weighted by atomic mass is 16.5. The van der Waals surface area contributed by atoms with E-state index < -0.39 is 0 Å². The van der Waals surface area contributed by atoms with Gasteiger partial charge in [0.05, 0.1) is 12.5 Å². The summed E-state index contributed by atoms with van der Waals surface area (Å²) in [5, 5.41) is 4.00. The molecule has 2 fully saturated rings. The molecule has 0 aliphatic carbocycles. The second-order valence-corrected chi connectivity index (χ2v) is 8.25. The Hall–Kier alpha value is -2.21. The minimum atomic E-state index is -0.00972. The van der Waals surface area contributed by atoms with Crippen LogP contribution in [0.25, 0.3) is 0 Å². The minimum Gasteiger partial charge on any atom is -0.342 e. The van der Waals surface area contributed by atoms with Crippen molar-refractivity contribution >= 4 is 5.91 Å². The quantitative estimate of drug-likeness (QED) is 0.794. The molecule has 2 aliphatic heterocycles. The second kappa shape index (κ2) is 8.03. The van der Waals surface area contributed by atoms with Crippen LogP contribution in [0.15, 0.2) is 34.9 Å². The van der Waals surface area contributed by atoms with E-state index in [0.29, 0.717) is 11.8 Å². The Kier molecular flexibility index (Phi) is 5.49. The fraction of sp³-hybridized carbons (Fsp3) is 0.591. The van der Waals surface area contributed by atoms with Gasteiger partial charge in [-0.1, -0.05) is 42.4 Å². The van der Waals surface area contributed by atoms with Crippen molar-refractivity contribution in [3.05, 3.63) is 47.6 Å². The zero-order chi connectivity index (χ0) is 19.6. The summed E-state index contributed by atoms with van der Waals surface area (Å²) < 4.78 is 5.36. The van der Waals surface area contributed by atoms with E-state index in [9.17, 15) is 4.79 Å². The Morgan fingerprint density at radius 1 is 1.18 bits per heavy atom. The van der Waals surface area contributed by atoms with Crippen LogP contribution in [0.4, 0.5) is 0 Å². The fourth-order valence-corrected chi connectivity index (χ4v) is 4.74. The number of benzene rings is 1. The number of hydrogen-bond donors (Lipinski definition) is 0. The Balaban J connectivity index is 1.45. The zero-order valence-electron chi connectivity index (χ0n) is 16.9. The van der Waals surface area contributed by atoms with E-state index in [2.05, 4.69) is 39.0 Å². The van der Waals surface area contributed by atoms with Gasteiger partial charge in [0.1, 0.15) is 0 Å². The van der Waals surface area contributed by atoms with E-state index in [-0.39, 0.29) is 11.3 Å². The Bertz CT molecular complexity index is 796. The summed E-state index contributed by atoms with van der Waals surface area (Å²) in [5.41, 5.74) is 1.37. The molecule has 28 heavy (non-hydrogen) atoms. The van der Waals surface area contributed by atoms with Crippen LogP contribution < -0.4 is 0 Å². The van der Waals surface area contributed by atoms with E-state index >= 15 is 0 Å². The van der Waals surface area contributed by atoms with Crippen LogP contribution in [-0.2, 0) is 17.8 Å². The molecule has 0 unspecified atom stereocenters. The highest BCUT2D eigenvalue weighted by molar-refractivity contribution is 5.84. The van der Waals surface area contributed by atoms with Gasteiger partial charge in [0.2, 0.25) is 11.8 Å². The van der Waals surface area contributed by atoms with Gasteiger partial charge in [-0.3, -0.25) is 9.69 Å². The van der Waals surface area contributed by atoms with E-state index in [1.54, 1.807) is 0 Å². The Morgan fingerprint density at radius 3 is 2.57 bits per heavy atom. The third-order valence-corrected chi connectivity index (χ3v) is 6.46. The maximum Gasteiger partial charge on any atom is 0.240 e. The number of amides is 1. The molecule has 2 aromatic rings. The lowest BCUT2D eigenvalue weighted by molar-refractivity contribution is -0.141. The summed E-state index contributed by atoms with van der Waals surface area (Å²) in [6, 6.07) is 10.3. The number of hydrogen-bond acceptors (Lipinski definition) is 5. The predicted molar refractivity (Wildman–Crippen MR) is 107 cm³/mol. The van der Waals surface area contributed by atoms with Crippen molar-refractivity contribution in [2.75, 3.05) is 26.2 Å². The molecular formula is C22H30N4O2. The maximum atomic E-state index is 13.0. The van der Waals surface area contributed by atoms with Crippen LogP contribution in [0.5, 0.6) is 0 Å². The predicted octanol–water partition coefficient (Wildman–Crippen LogP) is 3.25.